The molecule has 102 valence electrons. The summed E-state index contributed by atoms with van der Waals surface area (Å²) in [7, 11) is 0. The van der Waals surface area contributed by atoms with Crippen LogP contribution < -0.4 is 16.5 Å². The lowest BCUT2D eigenvalue weighted by atomic mass is 10.1. The first-order valence-corrected chi connectivity index (χ1v) is 5.91. The predicted molar refractivity (Wildman–Crippen MR) is 74.5 cm³/mol. The summed E-state index contributed by atoms with van der Waals surface area (Å²) in [4.78, 5) is 22.8. The monoisotopic (exact) mass is 262 g/mol. The Kier molecular flexibility index (Phi) is 5.05. The molecule has 0 unspecified atom stereocenters. The van der Waals surface area contributed by atoms with Gasteiger partial charge in [-0.2, -0.15) is 5.10 Å². The minimum Gasteiger partial charge on any atom is -0.399 e. The van der Waals surface area contributed by atoms with Crippen LogP contribution in [-0.2, 0) is 9.59 Å². The van der Waals surface area contributed by atoms with Gasteiger partial charge in [0.1, 0.15) is 0 Å². The van der Waals surface area contributed by atoms with Gasteiger partial charge in [0.2, 0.25) is 0 Å². The topological polar surface area (TPSA) is 96.6 Å². The van der Waals surface area contributed by atoms with Gasteiger partial charge in [0.25, 0.3) is 0 Å². The van der Waals surface area contributed by atoms with E-state index in [-0.39, 0.29) is 6.04 Å². The summed E-state index contributed by atoms with van der Waals surface area (Å²) in [5.74, 6) is -1.49. The van der Waals surface area contributed by atoms with Crippen molar-refractivity contribution in [2.75, 3.05) is 5.73 Å². The summed E-state index contributed by atoms with van der Waals surface area (Å²) in [5.41, 5.74) is 9.84. The molecule has 0 radical (unpaired) electrons. The van der Waals surface area contributed by atoms with E-state index in [9.17, 15) is 9.59 Å². The Labute approximate surface area is 112 Å². The zero-order chi connectivity index (χ0) is 14.4. The molecule has 1 aromatic carbocycles. The van der Waals surface area contributed by atoms with E-state index >= 15 is 0 Å². The maximum absolute atomic E-state index is 11.4. The number of benzene rings is 1. The van der Waals surface area contributed by atoms with E-state index in [1.165, 1.54) is 0 Å². The number of hydrazone groups is 1. The molecule has 0 atom stereocenters. The van der Waals surface area contributed by atoms with Gasteiger partial charge in [-0.05, 0) is 38.5 Å². The smallest absolute Gasteiger partial charge is 0.329 e. The summed E-state index contributed by atoms with van der Waals surface area (Å²) in [6.07, 6.45) is 0. The van der Waals surface area contributed by atoms with Gasteiger partial charge in [-0.25, -0.2) is 5.43 Å². The summed E-state index contributed by atoms with van der Waals surface area (Å²) in [6.45, 7) is 5.27. The fourth-order valence-corrected chi connectivity index (χ4v) is 1.30. The van der Waals surface area contributed by atoms with E-state index in [1.807, 2.05) is 0 Å². The second kappa shape index (κ2) is 6.53. The maximum atomic E-state index is 11.4. The average molecular weight is 262 g/mol. The molecule has 19 heavy (non-hydrogen) atoms. The van der Waals surface area contributed by atoms with Crippen LogP contribution in [-0.4, -0.2) is 23.6 Å². The van der Waals surface area contributed by atoms with E-state index < -0.39 is 11.8 Å². The third-order valence-corrected chi connectivity index (χ3v) is 2.28. The third-order valence-electron chi connectivity index (χ3n) is 2.28. The Morgan fingerprint density at radius 3 is 2.26 bits per heavy atom. The van der Waals surface area contributed by atoms with Crippen molar-refractivity contribution in [1.29, 1.82) is 0 Å². The van der Waals surface area contributed by atoms with Crippen LogP contribution in [0.2, 0.25) is 0 Å². The van der Waals surface area contributed by atoms with Crippen molar-refractivity contribution in [1.82, 2.24) is 10.7 Å². The van der Waals surface area contributed by atoms with Crippen LogP contribution in [0.1, 0.15) is 26.3 Å². The predicted octanol–water partition coefficient (Wildman–Crippen LogP) is 0.634. The first kappa shape index (κ1) is 14.7. The first-order valence-electron chi connectivity index (χ1n) is 5.91. The number of nitrogens with one attached hydrogen (secondary N) is 2. The average Bonchev–Trinajstić information content (AvgIpc) is 2.35. The molecule has 0 aliphatic rings. The first-order chi connectivity index (χ1) is 8.90. The van der Waals surface area contributed by atoms with Crippen LogP contribution in [0.4, 0.5) is 5.69 Å². The molecule has 0 fully saturated rings. The summed E-state index contributed by atoms with van der Waals surface area (Å²) in [5, 5.41) is 6.34. The number of hydrogen-bond acceptors (Lipinski definition) is 4. The number of amides is 2. The Hall–Kier alpha value is -2.37. The van der Waals surface area contributed by atoms with Crippen LogP contribution in [0.3, 0.4) is 0 Å². The van der Waals surface area contributed by atoms with Crippen molar-refractivity contribution in [2.24, 2.45) is 5.10 Å². The summed E-state index contributed by atoms with van der Waals surface area (Å²) < 4.78 is 0. The van der Waals surface area contributed by atoms with E-state index in [4.69, 9.17) is 5.73 Å². The van der Waals surface area contributed by atoms with Gasteiger partial charge in [0.05, 0.1) is 5.71 Å². The van der Waals surface area contributed by atoms with Gasteiger partial charge < -0.3 is 11.1 Å². The molecule has 0 aromatic heterocycles. The molecule has 0 saturated heterocycles. The largest absolute Gasteiger partial charge is 0.399 e. The maximum Gasteiger partial charge on any atom is 0.329 e. The second-order valence-corrected chi connectivity index (χ2v) is 4.39. The van der Waals surface area contributed by atoms with Gasteiger partial charge in [-0.1, -0.05) is 12.1 Å². The zero-order valence-electron chi connectivity index (χ0n) is 11.2. The molecule has 0 bridgehead atoms. The highest BCUT2D eigenvalue weighted by molar-refractivity contribution is 6.35. The molecule has 6 heteroatoms. The summed E-state index contributed by atoms with van der Waals surface area (Å²) >= 11 is 0. The number of nitrogens with two attached hydrogens (primary N) is 1. The highest BCUT2D eigenvalue weighted by Crippen LogP contribution is 2.06. The van der Waals surface area contributed by atoms with Crippen molar-refractivity contribution in [3.8, 4) is 0 Å². The number of nitrogen functional groups attached to an aromatic ring is 1. The highest BCUT2D eigenvalue weighted by Gasteiger charge is 2.13. The Morgan fingerprint density at radius 1 is 1.16 bits per heavy atom. The van der Waals surface area contributed by atoms with Crippen molar-refractivity contribution in [3.05, 3.63) is 29.8 Å². The van der Waals surface area contributed by atoms with Gasteiger partial charge in [-0.3, -0.25) is 9.59 Å². The van der Waals surface area contributed by atoms with Crippen molar-refractivity contribution in [2.45, 2.75) is 26.8 Å². The SMILES string of the molecule is C/C(=N/NC(=O)C(=O)NC(C)C)c1ccc(N)cc1. The molecule has 1 aromatic rings. The van der Waals surface area contributed by atoms with Crippen LogP contribution in [0.15, 0.2) is 29.4 Å². The number of rotatable bonds is 3. The molecule has 0 aliphatic carbocycles. The Morgan fingerprint density at radius 2 is 1.74 bits per heavy atom. The fourth-order valence-electron chi connectivity index (χ4n) is 1.30. The van der Waals surface area contributed by atoms with E-state index in [0.717, 1.165) is 5.56 Å². The van der Waals surface area contributed by atoms with Gasteiger partial charge in [0, 0.05) is 11.7 Å². The number of carbonyl (C=O) groups is 2. The van der Waals surface area contributed by atoms with E-state index in [0.29, 0.717) is 11.4 Å². The normalized spacial score (nSPS) is 11.3. The number of hydrogen-bond donors (Lipinski definition) is 3. The highest BCUT2D eigenvalue weighted by atomic mass is 16.2. The van der Waals surface area contributed by atoms with Gasteiger partial charge in [0.15, 0.2) is 0 Å². The molecular weight excluding hydrogens is 244 g/mol. The zero-order valence-corrected chi connectivity index (χ0v) is 11.2. The van der Waals surface area contributed by atoms with Crippen molar-refractivity contribution in [3.63, 3.8) is 0 Å². The number of anilines is 1. The Bertz CT molecular complexity index is 492. The van der Waals surface area contributed by atoms with Crippen LogP contribution in [0.5, 0.6) is 0 Å². The quantitative estimate of drug-likeness (QED) is 0.322. The Balaban J connectivity index is 2.63. The molecule has 0 saturated carbocycles. The second-order valence-electron chi connectivity index (χ2n) is 4.39. The lowest BCUT2D eigenvalue weighted by Crippen LogP contribution is -2.41. The van der Waals surface area contributed by atoms with Crippen molar-refractivity contribution >= 4 is 23.2 Å². The number of nitrogens with zero attached hydrogens (tertiary/aromatic N) is 1. The summed E-state index contributed by atoms with van der Waals surface area (Å²) in [6, 6.07) is 6.95. The third kappa shape index (κ3) is 4.79. The van der Waals surface area contributed by atoms with Crippen LogP contribution in [0, 0.1) is 0 Å². The van der Waals surface area contributed by atoms with Gasteiger partial charge >= 0.3 is 11.8 Å². The molecule has 4 N–H and O–H groups in total. The molecule has 2 amide bonds. The van der Waals surface area contributed by atoms with E-state index in [2.05, 4.69) is 15.8 Å². The molecule has 0 heterocycles. The number of carbonyl (C=O) groups excluding carboxylic acids is 2. The minimum absolute atomic E-state index is 0.0968. The van der Waals surface area contributed by atoms with Gasteiger partial charge in [-0.15, -0.1) is 0 Å². The molecule has 1 rings (SSSR count). The van der Waals surface area contributed by atoms with Crippen molar-refractivity contribution < 1.29 is 9.59 Å². The van der Waals surface area contributed by atoms with Crippen LogP contribution in [0.25, 0.3) is 0 Å². The lowest BCUT2D eigenvalue weighted by molar-refractivity contribution is -0.139. The molecular formula is C13H18N4O2. The molecule has 0 aliphatic heterocycles. The minimum atomic E-state index is -0.788. The standard InChI is InChI=1S/C13H18N4O2/c1-8(2)15-12(18)13(19)17-16-9(3)10-4-6-11(14)7-5-10/h4-8H,14H2,1-3H3,(H,15,18)(H,17,19)/b16-9-. The molecule has 0 spiro atoms. The van der Waals surface area contributed by atoms with Crippen LogP contribution >= 0.6 is 0 Å². The molecule has 6 nitrogen and oxygen atoms in total. The lowest BCUT2D eigenvalue weighted by Gasteiger charge is -2.07. The fraction of sp³-hybridized carbons (Fsp3) is 0.308. The van der Waals surface area contributed by atoms with E-state index in [1.54, 1.807) is 45.0 Å².